The lowest BCUT2D eigenvalue weighted by atomic mass is 10.8. The SMILES string of the molecule is O=C=NCC(Cl)(Cl)Cl. The Balaban J connectivity index is 3.55. The third-order valence-electron chi connectivity index (χ3n) is 0.323. The lowest BCUT2D eigenvalue weighted by molar-refractivity contribution is 0.563. The van der Waals surface area contributed by atoms with Crippen molar-refractivity contribution in [2.45, 2.75) is 3.79 Å². The molecule has 0 aromatic heterocycles. The summed E-state index contributed by atoms with van der Waals surface area (Å²) in [5, 5.41) is 0. The number of rotatable bonds is 1. The minimum absolute atomic E-state index is 0.138. The highest BCUT2D eigenvalue weighted by atomic mass is 35.6. The van der Waals surface area contributed by atoms with Crippen LogP contribution < -0.4 is 0 Å². The van der Waals surface area contributed by atoms with Gasteiger partial charge in [-0.05, 0) is 0 Å². The molecule has 0 saturated carbocycles. The Labute approximate surface area is 61.4 Å². The maximum atomic E-state index is 9.38. The normalized spacial score (nSPS) is 10.4. The smallest absolute Gasteiger partial charge is 0.211 e. The van der Waals surface area contributed by atoms with Crippen molar-refractivity contribution in [2.75, 3.05) is 6.54 Å². The van der Waals surface area contributed by atoms with E-state index in [4.69, 9.17) is 34.8 Å². The first-order valence-corrected chi connectivity index (χ1v) is 2.80. The van der Waals surface area contributed by atoms with Crippen LogP contribution in [-0.2, 0) is 4.79 Å². The summed E-state index contributed by atoms with van der Waals surface area (Å²) in [4.78, 5) is 12.4. The highest BCUT2D eigenvalue weighted by Gasteiger charge is 2.17. The molecule has 0 saturated heterocycles. The van der Waals surface area contributed by atoms with Crippen LogP contribution in [0.3, 0.4) is 0 Å². The van der Waals surface area contributed by atoms with Gasteiger partial charge in [-0.25, -0.2) is 9.79 Å². The van der Waals surface area contributed by atoms with Gasteiger partial charge >= 0.3 is 0 Å². The van der Waals surface area contributed by atoms with Gasteiger partial charge in [-0.1, -0.05) is 34.8 Å². The molecule has 0 fully saturated rings. The number of halogens is 3. The van der Waals surface area contributed by atoms with Crippen molar-refractivity contribution in [2.24, 2.45) is 4.99 Å². The predicted octanol–water partition coefficient (Wildman–Crippen LogP) is 1.69. The Morgan fingerprint density at radius 2 is 2.00 bits per heavy atom. The molecule has 2 nitrogen and oxygen atoms in total. The number of carbonyl (C=O) groups excluding carboxylic acids is 1. The highest BCUT2D eigenvalue weighted by molar-refractivity contribution is 6.67. The average Bonchev–Trinajstić information content (AvgIpc) is 1.59. The van der Waals surface area contributed by atoms with Crippen molar-refractivity contribution < 1.29 is 4.79 Å². The first-order chi connectivity index (χ1) is 3.56. The van der Waals surface area contributed by atoms with Crippen LogP contribution in [0.25, 0.3) is 0 Å². The summed E-state index contributed by atoms with van der Waals surface area (Å²) in [5.74, 6) is 0. The second-order valence-electron chi connectivity index (χ2n) is 1.02. The third kappa shape index (κ3) is 6.25. The molecule has 0 rings (SSSR count). The van der Waals surface area contributed by atoms with Crippen molar-refractivity contribution in [1.82, 2.24) is 0 Å². The molecular weight excluding hydrogens is 172 g/mol. The molecule has 0 aliphatic carbocycles. The molecule has 0 N–H and O–H groups in total. The third-order valence-corrected chi connectivity index (χ3v) is 0.681. The number of aliphatic imine (C=N–C) groups is 1. The van der Waals surface area contributed by atoms with E-state index in [1.807, 2.05) is 0 Å². The van der Waals surface area contributed by atoms with Gasteiger partial charge in [0.05, 0.1) is 6.54 Å². The number of hydrogen-bond acceptors (Lipinski definition) is 2. The quantitative estimate of drug-likeness (QED) is 0.338. The molecule has 46 valence electrons. The van der Waals surface area contributed by atoms with Gasteiger partial charge in [-0.15, -0.1) is 0 Å². The van der Waals surface area contributed by atoms with E-state index in [0.29, 0.717) is 0 Å². The molecule has 0 heterocycles. The van der Waals surface area contributed by atoms with E-state index in [1.165, 1.54) is 6.08 Å². The van der Waals surface area contributed by atoms with Crippen molar-refractivity contribution in [1.29, 1.82) is 0 Å². The van der Waals surface area contributed by atoms with Gasteiger partial charge in [0.25, 0.3) is 0 Å². The maximum absolute atomic E-state index is 9.38. The Bertz CT molecular complexity index is 112. The standard InChI is InChI=1S/C3H2Cl3NO/c4-3(5,6)1-7-2-8/h1H2. The van der Waals surface area contributed by atoms with Crippen molar-refractivity contribution in [3.63, 3.8) is 0 Å². The molecule has 0 atom stereocenters. The van der Waals surface area contributed by atoms with Gasteiger partial charge in [0.2, 0.25) is 9.87 Å². The summed E-state index contributed by atoms with van der Waals surface area (Å²) in [5.41, 5.74) is 0. The molecule has 0 amide bonds. The summed E-state index contributed by atoms with van der Waals surface area (Å²) in [6.45, 7) is -0.138. The van der Waals surface area contributed by atoms with E-state index in [9.17, 15) is 4.79 Å². The number of nitrogens with zero attached hydrogens (tertiary/aromatic N) is 1. The van der Waals surface area contributed by atoms with Gasteiger partial charge in [-0.2, -0.15) is 0 Å². The van der Waals surface area contributed by atoms with Crippen LogP contribution in [0.15, 0.2) is 4.99 Å². The van der Waals surface area contributed by atoms with E-state index in [2.05, 4.69) is 4.99 Å². The molecule has 8 heavy (non-hydrogen) atoms. The molecule has 0 radical (unpaired) electrons. The summed E-state index contributed by atoms with van der Waals surface area (Å²) >= 11 is 15.5. The summed E-state index contributed by atoms with van der Waals surface area (Å²) in [7, 11) is 0. The molecule has 0 aliphatic heterocycles. The van der Waals surface area contributed by atoms with Crippen LogP contribution in [-0.4, -0.2) is 16.4 Å². The van der Waals surface area contributed by atoms with Gasteiger partial charge in [0.1, 0.15) is 0 Å². The van der Waals surface area contributed by atoms with Gasteiger partial charge < -0.3 is 0 Å². The highest BCUT2D eigenvalue weighted by Crippen LogP contribution is 2.25. The fraction of sp³-hybridized carbons (Fsp3) is 0.667. The van der Waals surface area contributed by atoms with E-state index >= 15 is 0 Å². The molecule has 0 aromatic rings. The maximum Gasteiger partial charge on any atom is 0.235 e. The minimum Gasteiger partial charge on any atom is -0.211 e. The Morgan fingerprint density at radius 3 is 2.12 bits per heavy atom. The second-order valence-corrected chi connectivity index (χ2v) is 3.54. The number of alkyl halides is 3. The van der Waals surface area contributed by atoms with Crippen molar-refractivity contribution in [3.8, 4) is 0 Å². The largest absolute Gasteiger partial charge is 0.235 e. The van der Waals surface area contributed by atoms with Crippen LogP contribution in [0.4, 0.5) is 0 Å². The van der Waals surface area contributed by atoms with Gasteiger partial charge in [0.15, 0.2) is 0 Å². The lowest BCUT2D eigenvalue weighted by Crippen LogP contribution is -2.05. The fourth-order valence-corrected chi connectivity index (χ4v) is 0.301. The van der Waals surface area contributed by atoms with E-state index in [-0.39, 0.29) is 6.54 Å². The predicted molar refractivity (Wildman–Crippen MR) is 33.3 cm³/mol. The molecule has 0 bridgehead atoms. The van der Waals surface area contributed by atoms with Crippen molar-refractivity contribution >= 4 is 40.9 Å². The monoisotopic (exact) mass is 173 g/mol. The zero-order valence-electron chi connectivity index (χ0n) is 3.70. The lowest BCUT2D eigenvalue weighted by Gasteiger charge is -2.02. The van der Waals surface area contributed by atoms with Gasteiger partial charge in [-0.3, -0.25) is 0 Å². The van der Waals surface area contributed by atoms with E-state index in [0.717, 1.165) is 0 Å². The zero-order chi connectivity index (χ0) is 6.62. The fourth-order valence-electron chi connectivity index (χ4n) is 0.122. The summed E-state index contributed by atoms with van der Waals surface area (Å²) < 4.78 is -1.46. The minimum atomic E-state index is -1.46. The zero-order valence-corrected chi connectivity index (χ0v) is 5.96. The van der Waals surface area contributed by atoms with Crippen LogP contribution >= 0.6 is 34.8 Å². The van der Waals surface area contributed by atoms with Crippen molar-refractivity contribution in [3.05, 3.63) is 0 Å². The molecule has 5 heteroatoms. The summed E-state index contributed by atoms with van der Waals surface area (Å²) in [6.07, 6.45) is 1.25. The topological polar surface area (TPSA) is 29.4 Å². The van der Waals surface area contributed by atoms with Crippen LogP contribution in [0.5, 0.6) is 0 Å². The molecule has 0 spiro atoms. The Hall–Kier alpha value is 0.250. The molecule has 0 aromatic carbocycles. The first-order valence-electron chi connectivity index (χ1n) is 1.66. The average molecular weight is 174 g/mol. The second kappa shape index (κ2) is 3.31. The number of isocyanates is 1. The summed E-state index contributed by atoms with van der Waals surface area (Å²) in [6, 6.07) is 0. The Morgan fingerprint density at radius 1 is 1.50 bits per heavy atom. The van der Waals surface area contributed by atoms with E-state index in [1.54, 1.807) is 0 Å². The van der Waals surface area contributed by atoms with Crippen LogP contribution in [0.1, 0.15) is 0 Å². The first kappa shape index (κ1) is 8.25. The Kier molecular flexibility index (Phi) is 3.41. The van der Waals surface area contributed by atoms with Gasteiger partial charge in [0, 0.05) is 0 Å². The molecule has 0 unspecified atom stereocenters. The number of hydrogen-bond donors (Lipinski definition) is 0. The van der Waals surface area contributed by atoms with Crippen LogP contribution in [0.2, 0.25) is 0 Å². The molecule has 0 aliphatic rings. The van der Waals surface area contributed by atoms with E-state index < -0.39 is 3.79 Å². The van der Waals surface area contributed by atoms with Crippen LogP contribution in [0, 0.1) is 0 Å². The molecular formula is C3H2Cl3NO.